The molecule has 1 amide bonds. The van der Waals surface area contributed by atoms with Crippen molar-refractivity contribution >= 4 is 6.09 Å². The largest absolute Gasteiger partial charge is 0.444 e. The number of rotatable bonds is 2. The minimum absolute atomic E-state index is 0.0338. The van der Waals surface area contributed by atoms with Crippen LogP contribution >= 0.6 is 0 Å². The number of hydrogen-bond acceptors (Lipinski definition) is 5. The van der Waals surface area contributed by atoms with Crippen molar-refractivity contribution in [3.8, 4) is 11.6 Å². The summed E-state index contributed by atoms with van der Waals surface area (Å²) >= 11 is 0. The molecule has 7 nitrogen and oxygen atoms in total. The molecule has 0 unspecified atom stereocenters. The summed E-state index contributed by atoms with van der Waals surface area (Å²) in [7, 11) is 0. The molecule has 2 heterocycles. The summed E-state index contributed by atoms with van der Waals surface area (Å²) in [4.78, 5) is 31.7. The monoisotopic (exact) mass is 429 g/mol. The second-order valence-corrected chi connectivity index (χ2v) is 7.70. The van der Waals surface area contributed by atoms with Gasteiger partial charge in [0.1, 0.15) is 22.7 Å². The molecule has 1 aliphatic rings. The minimum Gasteiger partial charge on any atom is -0.444 e. The summed E-state index contributed by atoms with van der Waals surface area (Å²) in [6.07, 6.45) is -5.30. The lowest BCUT2D eigenvalue weighted by molar-refractivity contribution is -0.138. The molecule has 2 aromatic rings. The van der Waals surface area contributed by atoms with E-state index in [1.165, 1.54) is 4.90 Å². The molecule has 1 aromatic carbocycles. The number of hydrogen-bond donors (Lipinski definition) is 1. The van der Waals surface area contributed by atoms with Crippen LogP contribution in [0.15, 0.2) is 23.0 Å². The Morgan fingerprint density at radius 1 is 1.23 bits per heavy atom. The Kier molecular flexibility index (Phi) is 5.48. The molecule has 0 radical (unpaired) electrons. The molecule has 0 spiro atoms. The van der Waals surface area contributed by atoms with Gasteiger partial charge in [-0.2, -0.15) is 18.2 Å². The van der Waals surface area contributed by atoms with Crippen LogP contribution < -0.4 is 10.4 Å². The first-order chi connectivity index (χ1) is 13.8. The zero-order chi connectivity index (χ0) is 22.3. The van der Waals surface area contributed by atoms with Gasteiger partial charge >= 0.3 is 18.0 Å². The van der Waals surface area contributed by atoms with E-state index in [1.807, 2.05) is 0 Å². The van der Waals surface area contributed by atoms with Gasteiger partial charge in [0.05, 0.1) is 6.54 Å². The highest BCUT2D eigenvalue weighted by Gasteiger charge is 2.36. The zero-order valence-corrected chi connectivity index (χ0v) is 16.4. The van der Waals surface area contributed by atoms with E-state index >= 15 is 0 Å². The molecule has 0 saturated carbocycles. The number of aromatic nitrogens is 2. The van der Waals surface area contributed by atoms with E-state index in [9.17, 15) is 27.2 Å². The van der Waals surface area contributed by atoms with Crippen molar-refractivity contribution in [2.75, 3.05) is 6.54 Å². The highest BCUT2D eigenvalue weighted by Crippen LogP contribution is 2.39. The number of ether oxygens (including phenoxy) is 2. The van der Waals surface area contributed by atoms with Gasteiger partial charge in [0.25, 0.3) is 0 Å². The van der Waals surface area contributed by atoms with Crippen LogP contribution in [0.2, 0.25) is 0 Å². The number of nitrogens with zero attached hydrogens (tertiary/aromatic N) is 2. The van der Waals surface area contributed by atoms with E-state index in [2.05, 4.69) is 9.97 Å². The maximum atomic E-state index is 13.3. The molecule has 0 atom stereocenters. The summed E-state index contributed by atoms with van der Waals surface area (Å²) in [5.74, 6) is -2.09. The van der Waals surface area contributed by atoms with E-state index in [1.54, 1.807) is 20.8 Å². The van der Waals surface area contributed by atoms with Crippen LogP contribution in [0, 0.1) is 5.82 Å². The third kappa shape index (κ3) is 4.89. The fourth-order valence-electron chi connectivity index (χ4n) is 2.91. The number of nitrogens with one attached hydrogen (secondary N) is 1. The van der Waals surface area contributed by atoms with Crippen molar-refractivity contribution in [3.63, 3.8) is 0 Å². The van der Waals surface area contributed by atoms with Gasteiger partial charge in [0.15, 0.2) is 0 Å². The van der Waals surface area contributed by atoms with Gasteiger partial charge in [0, 0.05) is 17.8 Å². The number of benzene rings is 1. The van der Waals surface area contributed by atoms with Crippen molar-refractivity contribution in [3.05, 3.63) is 51.3 Å². The van der Waals surface area contributed by atoms with Crippen molar-refractivity contribution < 1.29 is 31.8 Å². The second kappa shape index (κ2) is 7.62. The zero-order valence-electron chi connectivity index (χ0n) is 16.4. The van der Waals surface area contributed by atoms with E-state index < -0.39 is 40.7 Å². The molecule has 1 aromatic heterocycles. The molecule has 162 valence electrons. The third-order valence-corrected chi connectivity index (χ3v) is 4.17. The summed E-state index contributed by atoms with van der Waals surface area (Å²) in [5.41, 5.74) is -2.27. The van der Waals surface area contributed by atoms with E-state index in [0.717, 1.165) is 12.1 Å². The minimum atomic E-state index is -4.87. The van der Waals surface area contributed by atoms with E-state index in [0.29, 0.717) is 11.6 Å². The first-order valence-corrected chi connectivity index (χ1v) is 8.98. The van der Waals surface area contributed by atoms with Gasteiger partial charge in [-0.15, -0.1) is 0 Å². The molecule has 11 heteroatoms. The lowest BCUT2D eigenvalue weighted by atomic mass is 10.1. The molecular weight excluding hydrogens is 410 g/mol. The molecule has 0 saturated heterocycles. The maximum Gasteiger partial charge on any atom is 0.420 e. The van der Waals surface area contributed by atoms with Crippen LogP contribution in [-0.4, -0.2) is 33.1 Å². The van der Waals surface area contributed by atoms with E-state index in [4.69, 9.17) is 9.47 Å². The van der Waals surface area contributed by atoms with Crippen LogP contribution in [0.5, 0.6) is 11.6 Å². The average Bonchev–Trinajstić information content (AvgIpc) is 2.60. The summed E-state index contributed by atoms with van der Waals surface area (Å²) in [5, 5.41) is 0. The van der Waals surface area contributed by atoms with Gasteiger partial charge in [-0.25, -0.2) is 14.0 Å². The van der Waals surface area contributed by atoms with E-state index in [-0.39, 0.29) is 31.1 Å². The predicted molar refractivity (Wildman–Crippen MR) is 96.7 cm³/mol. The number of halogens is 4. The van der Waals surface area contributed by atoms with Gasteiger partial charge in [-0.05, 0) is 45.4 Å². The van der Waals surface area contributed by atoms with Crippen molar-refractivity contribution in [1.29, 1.82) is 0 Å². The summed E-state index contributed by atoms with van der Waals surface area (Å²) in [6.45, 7) is 5.28. The number of fused-ring (bicyclic) bond motifs is 1. The second-order valence-electron chi connectivity index (χ2n) is 7.70. The molecular formula is C19H19F4N3O4. The molecule has 30 heavy (non-hydrogen) atoms. The first-order valence-electron chi connectivity index (χ1n) is 8.98. The van der Waals surface area contributed by atoms with Crippen LogP contribution in [0.25, 0.3) is 0 Å². The standard InChI is InChI=1S/C19H19F4N3O4/c1-18(2,3)30-17(28)26-7-6-11-13(9-26)24-16(27)25-15(11)29-14-5-4-10(20)8-12(14)19(21,22)23/h4-5,8H,6-7,9H2,1-3H3,(H,24,25,27). The van der Waals surface area contributed by atoms with Crippen LogP contribution in [0.3, 0.4) is 0 Å². The number of carbonyl (C=O) groups is 1. The number of H-pyrrole nitrogens is 1. The van der Waals surface area contributed by atoms with Crippen LogP contribution in [0.4, 0.5) is 22.4 Å². The van der Waals surface area contributed by atoms with Crippen LogP contribution in [0.1, 0.15) is 37.6 Å². The lowest BCUT2D eigenvalue weighted by Crippen LogP contribution is -2.41. The highest BCUT2D eigenvalue weighted by atomic mass is 19.4. The molecule has 0 aliphatic carbocycles. The topological polar surface area (TPSA) is 84.5 Å². The lowest BCUT2D eigenvalue weighted by Gasteiger charge is -2.31. The molecule has 3 rings (SSSR count). The molecule has 1 N–H and O–H groups in total. The predicted octanol–water partition coefficient (Wildman–Crippen LogP) is 4.01. The Morgan fingerprint density at radius 2 is 1.93 bits per heavy atom. The third-order valence-electron chi connectivity index (χ3n) is 4.17. The fraction of sp³-hybridized carbons (Fsp3) is 0.421. The maximum absolute atomic E-state index is 13.3. The molecule has 0 fully saturated rings. The smallest absolute Gasteiger partial charge is 0.420 e. The Bertz CT molecular complexity index is 1030. The molecule has 0 bridgehead atoms. The van der Waals surface area contributed by atoms with Crippen LogP contribution in [-0.2, 0) is 23.9 Å². The fourth-order valence-corrected chi connectivity index (χ4v) is 2.91. The summed E-state index contributed by atoms with van der Waals surface area (Å²) in [6, 6.07) is 1.94. The first kappa shape index (κ1) is 21.6. The average molecular weight is 429 g/mol. The van der Waals surface area contributed by atoms with Crippen molar-refractivity contribution in [2.45, 2.75) is 45.5 Å². The Hall–Kier alpha value is -3.11. The number of amides is 1. The summed E-state index contributed by atoms with van der Waals surface area (Å²) < 4.78 is 63.6. The van der Waals surface area contributed by atoms with Crippen molar-refractivity contribution in [2.24, 2.45) is 0 Å². The Balaban J connectivity index is 1.93. The normalized spacial score (nSPS) is 14.3. The highest BCUT2D eigenvalue weighted by molar-refractivity contribution is 5.68. The Morgan fingerprint density at radius 3 is 2.57 bits per heavy atom. The van der Waals surface area contributed by atoms with Gasteiger partial charge in [-0.1, -0.05) is 0 Å². The van der Waals surface area contributed by atoms with Gasteiger partial charge < -0.3 is 19.4 Å². The molecule has 1 aliphatic heterocycles. The van der Waals surface area contributed by atoms with Gasteiger partial charge in [-0.3, -0.25) is 0 Å². The van der Waals surface area contributed by atoms with Gasteiger partial charge in [0.2, 0.25) is 5.88 Å². The van der Waals surface area contributed by atoms with Crippen molar-refractivity contribution in [1.82, 2.24) is 14.9 Å². The number of alkyl halides is 3. The quantitative estimate of drug-likeness (QED) is 0.730. The SMILES string of the molecule is CC(C)(C)OC(=O)N1CCc2c(Oc3ccc(F)cc3C(F)(F)F)nc(=O)[nH]c2C1. The Labute approximate surface area is 168 Å². The number of carbonyl (C=O) groups excluding carboxylic acids is 1. The number of aromatic amines is 1.